The number of hydrogen-bond donors (Lipinski definition) is 0. The van der Waals surface area contributed by atoms with Gasteiger partial charge in [-0.1, -0.05) is 30.3 Å². The van der Waals surface area contributed by atoms with Crippen molar-refractivity contribution < 1.29 is 19.0 Å². The Morgan fingerprint density at radius 2 is 1.62 bits per heavy atom. The van der Waals surface area contributed by atoms with Crippen LogP contribution in [0.15, 0.2) is 66.7 Å². The number of nitrogens with zero attached hydrogens (tertiary/aromatic N) is 1. The fraction of sp³-hybridized carbons (Fsp3) is 0.208. The van der Waals surface area contributed by atoms with Gasteiger partial charge in [0.25, 0.3) is 5.91 Å². The molecule has 0 aromatic heterocycles. The highest BCUT2D eigenvalue weighted by molar-refractivity contribution is 5.96. The first-order valence-corrected chi connectivity index (χ1v) is 9.46. The number of carbonyl (C=O) groups is 1. The average Bonchev–Trinajstić information content (AvgIpc) is 2.92. The van der Waals surface area contributed by atoms with Crippen molar-refractivity contribution in [2.24, 2.45) is 0 Å². The summed E-state index contributed by atoms with van der Waals surface area (Å²) in [6.07, 6.45) is 0. The lowest BCUT2D eigenvalue weighted by Gasteiger charge is -2.23. The van der Waals surface area contributed by atoms with Crippen LogP contribution in [0.4, 0.5) is 5.69 Å². The summed E-state index contributed by atoms with van der Waals surface area (Å²) < 4.78 is 16.2. The molecule has 0 N–H and O–H groups in total. The van der Waals surface area contributed by atoms with Gasteiger partial charge in [-0.3, -0.25) is 4.79 Å². The molecule has 5 nitrogen and oxygen atoms in total. The molecule has 0 aliphatic carbocycles. The van der Waals surface area contributed by atoms with E-state index in [2.05, 4.69) is 6.07 Å². The number of benzene rings is 3. The number of ether oxygens (including phenoxy) is 3. The summed E-state index contributed by atoms with van der Waals surface area (Å²) in [5.74, 6) is 1.54. The van der Waals surface area contributed by atoms with Gasteiger partial charge in [-0.2, -0.15) is 0 Å². The minimum Gasteiger partial charge on any atom is -0.497 e. The van der Waals surface area contributed by atoms with Crippen molar-refractivity contribution in [1.82, 2.24) is 0 Å². The van der Waals surface area contributed by atoms with E-state index in [9.17, 15) is 4.79 Å². The van der Waals surface area contributed by atoms with Crippen molar-refractivity contribution in [3.8, 4) is 22.6 Å². The van der Waals surface area contributed by atoms with Gasteiger partial charge in [0.2, 0.25) is 0 Å². The third-order valence-corrected chi connectivity index (χ3v) is 5.05. The maximum absolute atomic E-state index is 12.7. The van der Waals surface area contributed by atoms with Crippen LogP contribution in [0.5, 0.6) is 11.5 Å². The molecule has 4 rings (SSSR count). The summed E-state index contributed by atoms with van der Waals surface area (Å²) in [4.78, 5) is 14.5. The quantitative estimate of drug-likeness (QED) is 0.648. The molecular formula is C24H23NO4. The van der Waals surface area contributed by atoms with Gasteiger partial charge in [0.1, 0.15) is 18.1 Å². The van der Waals surface area contributed by atoms with Crippen molar-refractivity contribution in [2.75, 3.05) is 25.7 Å². The van der Waals surface area contributed by atoms with Gasteiger partial charge < -0.3 is 19.1 Å². The van der Waals surface area contributed by atoms with Crippen molar-refractivity contribution in [1.29, 1.82) is 0 Å². The molecule has 148 valence electrons. The summed E-state index contributed by atoms with van der Waals surface area (Å²) in [5.41, 5.74) is 5.04. The van der Waals surface area contributed by atoms with Crippen molar-refractivity contribution in [3.05, 3.63) is 77.9 Å². The molecule has 3 aromatic rings. The van der Waals surface area contributed by atoms with Gasteiger partial charge in [-0.25, -0.2) is 0 Å². The molecule has 1 aliphatic heterocycles. The molecule has 0 saturated carbocycles. The van der Waals surface area contributed by atoms with E-state index in [0.29, 0.717) is 13.2 Å². The monoisotopic (exact) mass is 389 g/mol. The van der Waals surface area contributed by atoms with E-state index in [1.54, 1.807) is 19.1 Å². The molecule has 0 bridgehead atoms. The Kier molecular flexibility index (Phi) is 5.49. The van der Waals surface area contributed by atoms with Gasteiger partial charge >= 0.3 is 0 Å². The lowest BCUT2D eigenvalue weighted by Crippen LogP contribution is -2.32. The van der Waals surface area contributed by atoms with Crippen molar-refractivity contribution in [2.45, 2.75) is 13.2 Å². The smallest absolute Gasteiger partial charge is 0.253 e. The van der Waals surface area contributed by atoms with Crippen LogP contribution < -0.4 is 14.4 Å². The van der Waals surface area contributed by atoms with E-state index in [0.717, 1.165) is 39.4 Å². The van der Waals surface area contributed by atoms with Crippen LogP contribution in [0.3, 0.4) is 0 Å². The standard InChI is InChI=1S/C24H23NO4/c1-27-21-9-6-18(7-10-21)19-8-11-23-20(13-19)15-29-16-24(26)25(23)14-17-4-3-5-22(12-17)28-2/h3-13H,14-16H2,1-2H3. The average molecular weight is 389 g/mol. The summed E-state index contributed by atoms with van der Waals surface area (Å²) in [7, 11) is 3.29. The Bertz CT molecular complexity index is 1010. The predicted molar refractivity (Wildman–Crippen MR) is 112 cm³/mol. The van der Waals surface area contributed by atoms with Crippen LogP contribution in [0.25, 0.3) is 11.1 Å². The van der Waals surface area contributed by atoms with Gasteiger partial charge in [0.05, 0.1) is 27.4 Å². The molecular weight excluding hydrogens is 366 g/mol. The highest BCUT2D eigenvalue weighted by Crippen LogP contribution is 2.32. The number of amides is 1. The normalized spacial score (nSPS) is 13.6. The molecule has 3 aromatic carbocycles. The number of fused-ring (bicyclic) bond motifs is 1. The van der Waals surface area contributed by atoms with Crippen LogP contribution in [-0.4, -0.2) is 26.7 Å². The van der Waals surface area contributed by atoms with Gasteiger partial charge in [0, 0.05) is 11.3 Å². The number of anilines is 1. The molecule has 1 heterocycles. The molecule has 29 heavy (non-hydrogen) atoms. The molecule has 5 heteroatoms. The van der Waals surface area contributed by atoms with E-state index >= 15 is 0 Å². The number of hydrogen-bond acceptors (Lipinski definition) is 4. The molecule has 0 radical (unpaired) electrons. The van der Waals surface area contributed by atoms with E-state index in [4.69, 9.17) is 14.2 Å². The molecule has 1 aliphatic rings. The summed E-state index contributed by atoms with van der Waals surface area (Å²) in [6.45, 7) is 0.935. The zero-order valence-electron chi connectivity index (χ0n) is 16.6. The second-order valence-corrected chi connectivity index (χ2v) is 6.90. The predicted octanol–water partition coefficient (Wildman–Crippen LogP) is 4.43. The second-order valence-electron chi connectivity index (χ2n) is 6.90. The van der Waals surface area contributed by atoms with Crippen molar-refractivity contribution >= 4 is 11.6 Å². The lowest BCUT2D eigenvalue weighted by atomic mass is 10.0. The first-order valence-electron chi connectivity index (χ1n) is 9.46. The SMILES string of the molecule is COc1ccc(-c2ccc3c(c2)COCC(=O)N3Cc2cccc(OC)c2)cc1. The highest BCUT2D eigenvalue weighted by atomic mass is 16.5. The maximum atomic E-state index is 12.7. The fourth-order valence-corrected chi connectivity index (χ4v) is 3.51. The molecule has 0 unspecified atom stereocenters. The topological polar surface area (TPSA) is 48.0 Å². The van der Waals surface area contributed by atoms with Crippen LogP contribution in [-0.2, 0) is 22.7 Å². The van der Waals surface area contributed by atoms with E-state index in [1.165, 1.54) is 0 Å². The molecule has 0 spiro atoms. The third-order valence-electron chi connectivity index (χ3n) is 5.05. The van der Waals surface area contributed by atoms with Gasteiger partial charge in [-0.05, 0) is 53.1 Å². The first-order chi connectivity index (χ1) is 14.2. The second kappa shape index (κ2) is 8.37. The maximum Gasteiger partial charge on any atom is 0.253 e. The van der Waals surface area contributed by atoms with Crippen LogP contribution >= 0.6 is 0 Å². The molecule has 0 fully saturated rings. The minimum absolute atomic E-state index is 0.0521. The largest absolute Gasteiger partial charge is 0.497 e. The van der Waals surface area contributed by atoms with E-state index in [1.807, 2.05) is 60.7 Å². The molecule has 0 saturated heterocycles. The zero-order chi connectivity index (χ0) is 20.2. The fourth-order valence-electron chi connectivity index (χ4n) is 3.51. The van der Waals surface area contributed by atoms with Crippen LogP contribution in [0, 0.1) is 0 Å². The van der Waals surface area contributed by atoms with Crippen molar-refractivity contribution in [3.63, 3.8) is 0 Å². The van der Waals surface area contributed by atoms with Crippen LogP contribution in [0.2, 0.25) is 0 Å². The van der Waals surface area contributed by atoms with Gasteiger partial charge in [0.15, 0.2) is 0 Å². The molecule has 1 amide bonds. The van der Waals surface area contributed by atoms with E-state index < -0.39 is 0 Å². The van der Waals surface area contributed by atoms with Gasteiger partial charge in [-0.15, -0.1) is 0 Å². The Morgan fingerprint density at radius 3 is 2.38 bits per heavy atom. The third kappa shape index (κ3) is 4.10. The highest BCUT2D eigenvalue weighted by Gasteiger charge is 2.23. The summed E-state index contributed by atoms with van der Waals surface area (Å²) in [5, 5.41) is 0. The Morgan fingerprint density at radius 1 is 0.862 bits per heavy atom. The summed E-state index contributed by atoms with van der Waals surface area (Å²) in [6, 6.07) is 21.8. The number of rotatable bonds is 5. The number of carbonyl (C=O) groups excluding carboxylic acids is 1. The first kappa shape index (κ1) is 19.0. The lowest BCUT2D eigenvalue weighted by molar-refractivity contribution is -0.123. The minimum atomic E-state index is -0.0521. The number of methoxy groups -OCH3 is 2. The zero-order valence-corrected chi connectivity index (χ0v) is 16.6. The Balaban J connectivity index is 1.67. The van der Waals surface area contributed by atoms with E-state index in [-0.39, 0.29) is 12.5 Å². The molecule has 0 atom stereocenters. The Hall–Kier alpha value is -3.31. The summed E-state index contributed by atoms with van der Waals surface area (Å²) >= 11 is 0. The van der Waals surface area contributed by atoms with Crippen LogP contribution in [0.1, 0.15) is 11.1 Å². The Labute approximate surface area is 170 Å².